The Balaban J connectivity index is 2.41. The van der Waals surface area contributed by atoms with E-state index in [1.54, 1.807) is 0 Å². The van der Waals surface area contributed by atoms with Gasteiger partial charge in [0.1, 0.15) is 5.82 Å². The van der Waals surface area contributed by atoms with Crippen molar-refractivity contribution in [3.05, 3.63) is 23.6 Å². The van der Waals surface area contributed by atoms with Crippen molar-refractivity contribution in [3.8, 4) is 5.88 Å². The van der Waals surface area contributed by atoms with Crippen molar-refractivity contribution in [3.63, 3.8) is 0 Å². The number of ether oxygens (including phenoxy) is 1. The van der Waals surface area contributed by atoms with Gasteiger partial charge in [-0.1, -0.05) is 26.2 Å². The van der Waals surface area contributed by atoms with E-state index in [2.05, 4.69) is 11.9 Å². The number of rotatable bonds is 7. The first kappa shape index (κ1) is 13.2. The normalized spacial score (nSPS) is 10.4. The first-order valence-corrected chi connectivity index (χ1v) is 6.14. The molecule has 0 aliphatic heterocycles. The Labute approximate surface area is 101 Å². The smallest absolute Gasteiger partial charge is 0.217 e. The lowest BCUT2D eigenvalue weighted by molar-refractivity contribution is 0.290. The second-order valence-corrected chi connectivity index (χ2v) is 3.93. The zero-order valence-corrected chi connectivity index (χ0v) is 10.3. The van der Waals surface area contributed by atoms with E-state index < -0.39 is 0 Å². The maximum Gasteiger partial charge on any atom is 0.217 e. The fraction of sp³-hybridized carbons (Fsp3) is 0.583. The molecule has 0 atom stereocenters. The average molecular weight is 246 g/mol. The van der Waals surface area contributed by atoms with Gasteiger partial charge >= 0.3 is 0 Å². The summed E-state index contributed by atoms with van der Waals surface area (Å²) in [6.45, 7) is 2.77. The zero-order valence-electron chi connectivity index (χ0n) is 9.51. The molecule has 0 spiro atoms. The molecule has 16 heavy (non-hydrogen) atoms. The molecule has 0 amide bonds. The summed E-state index contributed by atoms with van der Waals surface area (Å²) in [5.41, 5.74) is 0.608. The van der Waals surface area contributed by atoms with Crippen LogP contribution in [0.3, 0.4) is 0 Å². The number of aromatic nitrogens is 1. The first-order valence-electron chi connectivity index (χ1n) is 5.61. The summed E-state index contributed by atoms with van der Waals surface area (Å²) < 4.78 is 18.3. The van der Waals surface area contributed by atoms with Crippen molar-refractivity contribution in [2.24, 2.45) is 0 Å². The zero-order chi connectivity index (χ0) is 11.8. The highest BCUT2D eigenvalue weighted by molar-refractivity contribution is 6.17. The van der Waals surface area contributed by atoms with Crippen LogP contribution in [0, 0.1) is 5.82 Å². The van der Waals surface area contributed by atoms with Gasteiger partial charge < -0.3 is 4.74 Å². The molecule has 1 rings (SSSR count). The second kappa shape index (κ2) is 7.44. The Hall–Kier alpha value is -0.830. The number of hydrogen-bond donors (Lipinski definition) is 0. The fourth-order valence-electron chi connectivity index (χ4n) is 1.39. The van der Waals surface area contributed by atoms with E-state index >= 15 is 0 Å². The predicted octanol–water partition coefficient (Wildman–Crippen LogP) is 3.92. The summed E-state index contributed by atoms with van der Waals surface area (Å²) in [7, 11) is 0. The Morgan fingerprint density at radius 1 is 1.38 bits per heavy atom. The Bertz CT molecular complexity index is 320. The minimum atomic E-state index is -0.381. The van der Waals surface area contributed by atoms with Crippen molar-refractivity contribution in [2.45, 2.75) is 38.5 Å². The molecule has 2 nitrogen and oxygen atoms in total. The molecule has 0 bridgehead atoms. The summed E-state index contributed by atoms with van der Waals surface area (Å²) in [6.07, 6.45) is 5.70. The largest absolute Gasteiger partial charge is 0.477 e. The molecule has 4 heteroatoms. The lowest BCUT2D eigenvalue weighted by Gasteiger charge is -2.08. The highest BCUT2D eigenvalue weighted by Crippen LogP contribution is 2.18. The van der Waals surface area contributed by atoms with Gasteiger partial charge in [0.25, 0.3) is 0 Å². The van der Waals surface area contributed by atoms with Crippen LogP contribution in [0.2, 0.25) is 0 Å². The van der Waals surface area contributed by atoms with E-state index in [1.807, 2.05) is 0 Å². The summed E-state index contributed by atoms with van der Waals surface area (Å²) in [5, 5.41) is 0. The van der Waals surface area contributed by atoms with E-state index in [4.69, 9.17) is 16.3 Å². The number of hydrogen-bond acceptors (Lipinski definition) is 2. The molecule has 0 saturated carbocycles. The highest BCUT2D eigenvalue weighted by atomic mass is 35.5. The Morgan fingerprint density at radius 3 is 2.88 bits per heavy atom. The lowest BCUT2D eigenvalue weighted by atomic mass is 10.2. The van der Waals surface area contributed by atoms with Crippen LogP contribution in [-0.4, -0.2) is 11.6 Å². The van der Waals surface area contributed by atoms with Crippen LogP contribution in [-0.2, 0) is 5.88 Å². The number of pyridine rings is 1. The van der Waals surface area contributed by atoms with Crippen molar-refractivity contribution in [1.29, 1.82) is 0 Å². The molecule has 1 aromatic heterocycles. The molecule has 0 aliphatic rings. The van der Waals surface area contributed by atoms with Crippen molar-refractivity contribution in [2.75, 3.05) is 6.61 Å². The summed E-state index contributed by atoms with van der Waals surface area (Å²) in [4.78, 5) is 3.89. The molecule has 0 fully saturated rings. The van der Waals surface area contributed by atoms with Gasteiger partial charge in [0.15, 0.2) is 0 Å². The summed E-state index contributed by atoms with van der Waals surface area (Å²) in [5.74, 6) is 0.289. The molecule has 1 heterocycles. The number of unbranched alkanes of at least 4 members (excludes halogenated alkanes) is 3. The second-order valence-electron chi connectivity index (χ2n) is 3.66. The molecule has 0 saturated heterocycles. The molecule has 1 aromatic rings. The predicted molar refractivity (Wildman–Crippen MR) is 63.4 cm³/mol. The number of alkyl halides is 1. The van der Waals surface area contributed by atoms with Crippen LogP contribution in [0.25, 0.3) is 0 Å². The average Bonchev–Trinajstić information content (AvgIpc) is 2.30. The third-order valence-electron chi connectivity index (χ3n) is 2.27. The third-order valence-corrected chi connectivity index (χ3v) is 2.56. The highest BCUT2D eigenvalue weighted by Gasteiger charge is 2.05. The van der Waals surface area contributed by atoms with E-state index in [0.717, 1.165) is 19.0 Å². The molecule has 90 valence electrons. The standard InChI is InChI=1S/C12H17ClFNO/c1-2-3-4-5-6-16-12-10(8-13)7-11(14)9-15-12/h7,9H,2-6,8H2,1H3. The van der Waals surface area contributed by atoms with Gasteiger partial charge in [-0.05, 0) is 12.5 Å². The topological polar surface area (TPSA) is 22.1 Å². The Kier molecular flexibility index (Phi) is 6.16. The third kappa shape index (κ3) is 4.35. The molecule has 0 aliphatic carbocycles. The molecule has 0 aromatic carbocycles. The molecule has 0 unspecified atom stereocenters. The quantitative estimate of drug-likeness (QED) is 0.537. The van der Waals surface area contributed by atoms with Crippen LogP contribution < -0.4 is 4.74 Å². The van der Waals surface area contributed by atoms with Gasteiger partial charge in [-0.15, -0.1) is 11.6 Å². The molecular formula is C12H17ClFNO. The van der Waals surface area contributed by atoms with Gasteiger partial charge in [-0.2, -0.15) is 0 Å². The van der Waals surface area contributed by atoms with Crippen LogP contribution in [0.1, 0.15) is 38.2 Å². The summed E-state index contributed by atoms with van der Waals surface area (Å²) in [6, 6.07) is 1.36. The van der Waals surface area contributed by atoms with Gasteiger partial charge in [-0.3, -0.25) is 0 Å². The SMILES string of the molecule is CCCCCCOc1ncc(F)cc1CCl. The molecule has 0 N–H and O–H groups in total. The monoisotopic (exact) mass is 245 g/mol. The first-order chi connectivity index (χ1) is 7.77. The minimum Gasteiger partial charge on any atom is -0.477 e. The van der Waals surface area contributed by atoms with Gasteiger partial charge in [0, 0.05) is 5.56 Å². The van der Waals surface area contributed by atoms with Gasteiger partial charge in [0.05, 0.1) is 18.7 Å². The summed E-state index contributed by atoms with van der Waals surface area (Å²) >= 11 is 5.68. The van der Waals surface area contributed by atoms with Crippen LogP contribution in [0.15, 0.2) is 12.3 Å². The van der Waals surface area contributed by atoms with E-state index in [0.29, 0.717) is 18.1 Å². The van der Waals surface area contributed by atoms with Crippen LogP contribution >= 0.6 is 11.6 Å². The van der Waals surface area contributed by atoms with Crippen molar-refractivity contribution < 1.29 is 9.13 Å². The maximum absolute atomic E-state index is 12.8. The van der Waals surface area contributed by atoms with Gasteiger partial charge in [0.2, 0.25) is 5.88 Å². The lowest BCUT2D eigenvalue weighted by Crippen LogP contribution is -2.02. The fourth-order valence-corrected chi connectivity index (χ4v) is 1.58. The van der Waals surface area contributed by atoms with Crippen molar-refractivity contribution in [1.82, 2.24) is 4.98 Å². The van der Waals surface area contributed by atoms with E-state index in [9.17, 15) is 4.39 Å². The number of nitrogens with zero attached hydrogens (tertiary/aromatic N) is 1. The maximum atomic E-state index is 12.8. The van der Waals surface area contributed by atoms with Crippen LogP contribution in [0.4, 0.5) is 4.39 Å². The number of halogens is 2. The van der Waals surface area contributed by atoms with Gasteiger partial charge in [-0.25, -0.2) is 9.37 Å². The van der Waals surface area contributed by atoms with Crippen LogP contribution in [0.5, 0.6) is 5.88 Å². The molecule has 0 radical (unpaired) electrons. The molecular weight excluding hydrogens is 229 g/mol. The van der Waals surface area contributed by atoms with E-state index in [1.165, 1.54) is 18.9 Å². The van der Waals surface area contributed by atoms with Crippen molar-refractivity contribution >= 4 is 11.6 Å². The minimum absolute atomic E-state index is 0.217. The van der Waals surface area contributed by atoms with E-state index in [-0.39, 0.29) is 11.7 Å². The Morgan fingerprint density at radius 2 is 2.19 bits per heavy atom.